The van der Waals surface area contributed by atoms with E-state index in [0.29, 0.717) is 17.6 Å². The van der Waals surface area contributed by atoms with Crippen LogP contribution < -0.4 is 11.1 Å². The molecule has 0 bridgehead atoms. The van der Waals surface area contributed by atoms with Gasteiger partial charge in [0.2, 0.25) is 0 Å². The van der Waals surface area contributed by atoms with Gasteiger partial charge in [-0.2, -0.15) is 0 Å². The zero-order chi connectivity index (χ0) is 11.1. The van der Waals surface area contributed by atoms with E-state index in [4.69, 9.17) is 5.73 Å². The summed E-state index contributed by atoms with van der Waals surface area (Å²) in [5.74, 6) is 0.306. The third-order valence-electron chi connectivity index (χ3n) is 4.02. The molecule has 1 aromatic carbocycles. The van der Waals surface area contributed by atoms with Crippen LogP contribution in [-0.2, 0) is 0 Å². The Bertz CT molecular complexity index is 405. The van der Waals surface area contributed by atoms with E-state index in [-0.39, 0.29) is 11.9 Å². The van der Waals surface area contributed by atoms with Crippen LogP contribution in [0.3, 0.4) is 0 Å². The van der Waals surface area contributed by atoms with Crippen molar-refractivity contribution in [2.45, 2.75) is 37.8 Å². The molecule has 1 heterocycles. The predicted molar refractivity (Wildman–Crippen MR) is 62.7 cm³/mol. The Balaban J connectivity index is 2.03. The number of nitrogens with two attached hydrogens (primary N) is 1. The third-order valence-corrected chi connectivity index (χ3v) is 4.02. The van der Waals surface area contributed by atoms with Crippen LogP contribution in [0.25, 0.3) is 0 Å². The Morgan fingerprint density at radius 3 is 2.94 bits per heavy atom. The Morgan fingerprint density at radius 2 is 2.06 bits per heavy atom. The Kier molecular flexibility index (Phi) is 2.36. The van der Waals surface area contributed by atoms with Crippen LogP contribution in [0, 0.1) is 11.7 Å². The summed E-state index contributed by atoms with van der Waals surface area (Å²) in [6, 6.07) is 5.56. The fourth-order valence-electron chi connectivity index (χ4n) is 3.16. The Morgan fingerprint density at radius 1 is 1.25 bits per heavy atom. The van der Waals surface area contributed by atoms with Gasteiger partial charge in [0.1, 0.15) is 5.82 Å². The summed E-state index contributed by atoms with van der Waals surface area (Å²) in [5.41, 5.74) is 7.85. The van der Waals surface area contributed by atoms with Gasteiger partial charge in [-0.1, -0.05) is 25.0 Å². The van der Waals surface area contributed by atoms with Gasteiger partial charge in [0.25, 0.3) is 0 Å². The molecule has 1 fully saturated rings. The molecule has 0 saturated heterocycles. The molecule has 86 valence electrons. The van der Waals surface area contributed by atoms with Gasteiger partial charge in [-0.25, -0.2) is 4.39 Å². The van der Waals surface area contributed by atoms with Crippen LogP contribution in [0.2, 0.25) is 0 Å². The van der Waals surface area contributed by atoms with Crippen molar-refractivity contribution in [2.75, 3.05) is 5.32 Å². The molecule has 0 spiro atoms. The lowest BCUT2D eigenvalue weighted by atomic mass is 9.75. The largest absolute Gasteiger partial charge is 0.379 e. The maximum atomic E-state index is 13.7. The summed E-state index contributed by atoms with van der Waals surface area (Å²) in [6.07, 6.45) is 4.76. The second-order valence-corrected chi connectivity index (χ2v) is 4.93. The SMILES string of the molecule is NC1c2cccc(F)c2NC2CCCCC21. The van der Waals surface area contributed by atoms with Crippen molar-refractivity contribution in [2.24, 2.45) is 11.7 Å². The molecule has 3 heteroatoms. The van der Waals surface area contributed by atoms with Gasteiger partial charge >= 0.3 is 0 Å². The van der Waals surface area contributed by atoms with E-state index >= 15 is 0 Å². The van der Waals surface area contributed by atoms with E-state index in [0.717, 1.165) is 18.4 Å². The van der Waals surface area contributed by atoms with Crippen LogP contribution in [0.15, 0.2) is 18.2 Å². The van der Waals surface area contributed by atoms with Crippen molar-refractivity contribution in [1.82, 2.24) is 0 Å². The monoisotopic (exact) mass is 220 g/mol. The number of rotatable bonds is 0. The summed E-state index contributed by atoms with van der Waals surface area (Å²) in [7, 11) is 0. The highest BCUT2D eigenvalue weighted by molar-refractivity contribution is 5.57. The Hall–Kier alpha value is -1.09. The number of hydrogen-bond donors (Lipinski definition) is 2. The van der Waals surface area contributed by atoms with Crippen molar-refractivity contribution < 1.29 is 4.39 Å². The van der Waals surface area contributed by atoms with E-state index < -0.39 is 0 Å². The molecule has 1 aromatic rings. The van der Waals surface area contributed by atoms with Crippen molar-refractivity contribution in [3.05, 3.63) is 29.6 Å². The lowest BCUT2D eigenvalue weighted by Gasteiger charge is -2.42. The van der Waals surface area contributed by atoms with Gasteiger partial charge in [0.05, 0.1) is 5.69 Å². The van der Waals surface area contributed by atoms with Crippen LogP contribution in [0.4, 0.5) is 10.1 Å². The van der Waals surface area contributed by atoms with Crippen molar-refractivity contribution in [1.29, 1.82) is 0 Å². The first-order valence-corrected chi connectivity index (χ1v) is 6.08. The number of para-hydroxylation sites is 1. The summed E-state index contributed by atoms with van der Waals surface area (Å²) in [6.45, 7) is 0. The molecular weight excluding hydrogens is 203 g/mol. The van der Waals surface area contributed by atoms with E-state index in [1.54, 1.807) is 6.07 Å². The minimum Gasteiger partial charge on any atom is -0.379 e. The van der Waals surface area contributed by atoms with Gasteiger partial charge in [-0.3, -0.25) is 0 Å². The standard InChI is InChI=1S/C13H17FN2/c14-10-6-3-5-9-12(15)8-4-1-2-7-11(8)16-13(9)10/h3,5-6,8,11-12,16H,1-2,4,7,15H2. The van der Waals surface area contributed by atoms with Gasteiger partial charge in [-0.05, 0) is 30.4 Å². The lowest BCUT2D eigenvalue weighted by Crippen LogP contribution is -2.43. The maximum Gasteiger partial charge on any atom is 0.146 e. The van der Waals surface area contributed by atoms with Crippen molar-refractivity contribution in [3.63, 3.8) is 0 Å². The summed E-state index contributed by atoms with van der Waals surface area (Å²) in [5, 5.41) is 3.34. The van der Waals surface area contributed by atoms with E-state index in [9.17, 15) is 4.39 Å². The normalized spacial score (nSPS) is 32.5. The first-order valence-electron chi connectivity index (χ1n) is 6.08. The third kappa shape index (κ3) is 1.42. The number of halogens is 1. The predicted octanol–water partition coefficient (Wildman–Crippen LogP) is 2.81. The Labute approximate surface area is 95.0 Å². The van der Waals surface area contributed by atoms with Gasteiger partial charge in [-0.15, -0.1) is 0 Å². The van der Waals surface area contributed by atoms with Gasteiger partial charge in [0.15, 0.2) is 0 Å². The molecule has 1 saturated carbocycles. The molecule has 3 atom stereocenters. The molecule has 0 amide bonds. The molecule has 0 radical (unpaired) electrons. The van der Waals surface area contributed by atoms with Crippen molar-refractivity contribution in [3.8, 4) is 0 Å². The van der Waals surface area contributed by atoms with Gasteiger partial charge in [0, 0.05) is 12.1 Å². The van der Waals surface area contributed by atoms with Crippen molar-refractivity contribution >= 4 is 5.69 Å². The van der Waals surface area contributed by atoms with Crippen LogP contribution in [0.1, 0.15) is 37.3 Å². The van der Waals surface area contributed by atoms with Crippen LogP contribution in [0.5, 0.6) is 0 Å². The number of hydrogen-bond acceptors (Lipinski definition) is 2. The molecule has 2 nitrogen and oxygen atoms in total. The van der Waals surface area contributed by atoms with E-state index in [1.165, 1.54) is 18.9 Å². The minimum absolute atomic E-state index is 0.00255. The van der Waals surface area contributed by atoms with E-state index in [1.807, 2.05) is 6.07 Å². The quantitative estimate of drug-likeness (QED) is 0.705. The van der Waals surface area contributed by atoms with Gasteiger partial charge < -0.3 is 11.1 Å². The smallest absolute Gasteiger partial charge is 0.146 e. The molecule has 0 aromatic heterocycles. The zero-order valence-corrected chi connectivity index (χ0v) is 9.25. The molecule has 2 aliphatic rings. The first-order chi connectivity index (χ1) is 7.77. The summed E-state index contributed by atoms with van der Waals surface area (Å²) >= 11 is 0. The van der Waals surface area contributed by atoms with E-state index in [2.05, 4.69) is 5.32 Å². The summed E-state index contributed by atoms with van der Waals surface area (Å²) < 4.78 is 13.7. The number of anilines is 1. The molecular formula is C13H17FN2. The topological polar surface area (TPSA) is 38.0 Å². The fraction of sp³-hybridized carbons (Fsp3) is 0.538. The molecule has 3 rings (SSSR count). The highest BCUT2D eigenvalue weighted by atomic mass is 19.1. The highest BCUT2D eigenvalue weighted by Gasteiger charge is 2.36. The molecule has 1 aliphatic carbocycles. The maximum absolute atomic E-state index is 13.7. The minimum atomic E-state index is -0.169. The lowest BCUT2D eigenvalue weighted by molar-refractivity contribution is 0.269. The molecule has 16 heavy (non-hydrogen) atoms. The second kappa shape index (κ2) is 3.74. The average molecular weight is 220 g/mol. The zero-order valence-electron chi connectivity index (χ0n) is 9.25. The molecule has 3 unspecified atom stereocenters. The fourth-order valence-corrected chi connectivity index (χ4v) is 3.16. The van der Waals surface area contributed by atoms with Crippen LogP contribution >= 0.6 is 0 Å². The summed E-state index contributed by atoms with van der Waals surface area (Å²) in [4.78, 5) is 0. The average Bonchev–Trinajstić information content (AvgIpc) is 2.31. The van der Waals surface area contributed by atoms with Crippen LogP contribution in [-0.4, -0.2) is 6.04 Å². The number of benzene rings is 1. The molecule has 1 aliphatic heterocycles. The number of fused-ring (bicyclic) bond motifs is 2. The number of nitrogens with one attached hydrogen (secondary N) is 1. The molecule has 3 N–H and O–H groups in total. The highest BCUT2D eigenvalue weighted by Crippen LogP contribution is 2.42. The second-order valence-electron chi connectivity index (χ2n) is 4.93. The first kappa shape index (κ1) is 10.1.